The Morgan fingerprint density at radius 2 is 2.00 bits per heavy atom. The van der Waals surface area contributed by atoms with Crippen LogP contribution in [0.3, 0.4) is 0 Å². The van der Waals surface area contributed by atoms with Crippen molar-refractivity contribution in [1.29, 1.82) is 0 Å². The van der Waals surface area contributed by atoms with Crippen molar-refractivity contribution in [3.05, 3.63) is 0 Å². The molecule has 0 aromatic carbocycles. The van der Waals surface area contributed by atoms with Gasteiger partial charge in [0.05, 0.1) is 6.10 Å². The predicted octanol–water partition coefficient (Wildman–Crippen LogP) is 1.32. The van der Waals surface area contributed by atoms with Crippen LogP contribution in [-0.4, -0.2) is 47.6 Å². The summed E-state index contributed by atoms with van der Waals surface area (Å²) >= 11 is 0. The first-order valence-corrected chi connectivity index (χ1v) is 7.38. The Kier molecular flexibility index (Phi) is 3.84. The Bertz CT molecular complexity index is 406. The average molecular weight is 282 g/mol. The van der Waals surface area contributed by atoms with Gasteiger partial charge in [-0.2, -0.15) is 0 Å². The summed E-state index contributed by atoms with van der Waals surface area (Å²) in [5.74, 6) is -0.0902. The van der Waals surface area contributed by atoms with E-state index in [-0.39, 0.29) is 23.3 Å². The molecule has 2 saturated heterocycles. The number of nitrogens with zero attached hydrogens (tertiary/aromatic N) is 1. The Morgan fingerprint density at radius 1 is 1.35 bits per heavy atom. The summed E-state index contributed by atoms with van der Waals surface area (Å²) in [5.41, 5.74) is -1.11. The van der Waals surface area contributed by atoms with Crippen molar-refractivity contribution < 1.29 is 14.3 Å². The van der Waals surface area contributed by atoms with Crippen LogP contribution in [-0.2, 0) is 14.3 Å². The van der Waals surface area contributed by atoms with Gasteiger partial charge in [0, 0.05) is 13.2 Å². The van der Waals surface area contributed by atoms with Crippen LogP contribution in [0.5, 0.6) is 0 Å². The van der Waals surface area contributed by atoms with Crippen molar-refractivity contribution >= 4 is 11.8 Å². The van der Waals surface area contributed by atoms with Gasteiger partial charge in [0.25, 0.3) is 0 Å². The summed E-state index contributed by atoms with van der Waals surface area (Å²) in [6, 6.07) is -0.468. The van der Waals surface area contributed by atoms with Crippen molar-refractivity contribution in [2.75, 3.05) is 13.2 Å². The monoisotopic (exact) mass is 282 g/mol. The first-order chi connectivity index (χ1) is 9.14. The molecule has 0 radical (unpaired) electrons. The molecule has 0 saturated carbocycles. The summed E-state index contributed by atoms with van der Waals surface area (Å²) in [6.07, 6.45) is 2.05. The largest absolute Gasteiger partial charge is 0.376 e. The number of hydrogen-bond donors (Lipinski definition) is 1. The molecular formula is C15H26N2O3. The maximum atomic E-state index is 12.8. The van der Waals surface area contributed by atoms with Gasteiger partial charge < -0.3 is 15.0 Å². The number of rotatable bonds is 2. The van der Waals surface area contributed by atoms with E-state index in [4.69, 9.17) is 4.74 Å². The molecule has 2 aliphatic rings. The van der Waals surface area contributed by atoms with Crippen molar-refractivity contribution in [3.63, 3.8) is 0 Å². The third-order valence-electron chi connectivity index (χ3n) is 4.30. The SMILES string of the molecule is CC(C)(C)C1NC(=O)C(C)(C)N(CC2CCCO2)C1=O. The fourth-order valence-electron chi connectivity index (χ4n) is 2.82. The van der Waals surface area contributed by atoms with E-state index in [0.717, 1.165) is 19.4 Å². The molecule has 1 N–H and O–H groups in total. The van der Waals surface area contributed by atoms with Gasteiger partial charge in [-0.25, -0.2) is 0 Å². The fourth-order valence-corrected chi connectivity index (χ4v) is 2.82. The lowest BCUT2D eigenvalue weighted by molar-refractivity contribution is -0.160. The van der Waals surface area contributed by atoms with E-state index in [1.165, 1.54) is 0 Å². The summed E-state index contributed by atoms with van der Waals surface area (Å²) in [4.78, 5) is 26.8. The van der Waals surface area contributed by atoms with Gasteiger partial charge in [-0.15, -0.1) is 0 Å². The van der Waals surface area contributed by atoms with Gasteiger partial charge in [-0.3, -0.25) is 9.59 Å². The van der Waals surface area contributed by atoms with E-state index in [2.05, 4.69) is 5.32 Å². The first kappa shape index (κ1) is 15.3. The molecule has 2 atom stereocenters. The maximum absolute atomic E-state index is 12.8. The number of nitrogens with one attached hydrogen (secondary N) is 1. The number of amides is 2. The van der Waals surface area contributed by atoms with Crippen LogP contribution in [0.4, 0.5) is 0 Å². The Morgan fingerprint density at radius 3 is 2.50 bits per heavy atom. The van der Waals surface area contributed by atoms with Gasteiger partial charge in [-0.1, -0.05) is 20.8 Å². The molecule has 2 rings (SSSR count). The van der Waals surface area contributed by atoms with Crippen LogP contribution in [0, 0.1) is 5.41 Å². The fraction of sp³-hybridized carbons (Fsp3) is 0.867. The molecule has 20 heavy (non-hydrogen) atoms. The Balaban J connectivity index is 2.23. The van der Waals surface area contributed by atoms with E-state index in [1.807, 2.05) is 20.8 Å². The second-order valence-electron chi connectivity index (χ2n) is 7.42. The standard InChI is InChI=1S/C15H26N2O3/c1-14(2,3)11-12(18)17(9-10-7-6-8-20-10)15(4,5)13(19)16-11/h10-11H,6-9H2,1-5H3,(H,16,19). The van der Waals surface area contributed by atoms with Gasteiger partial charge in [-0.05, 0) is 32.1 Å². The number of carbonyl (C=O) groups excluding carboxylic acids is 2. The highest BCUT2D eigenvalue weighted by Gasteiger charge is 2.50. The molecule has 2 fully saturated rings. The van der Waals surface area contributed by atoms with Crippen molar-refractivity contribution in [2.24, 2.45) is 5.41 Å². The zero-order valence-corrected chi connectivity index (χ0v) is 13.2. The first-order valence-electron chi connectivity index (χ1n) is 7.38. The zero-order valence-electron chi connectivity index (χ0n) is 13.2. The van der Waals surface area contributed by atoms with Gasteiger partial charge in [0.2, 0.25) is 11.8 Å². The third kappa shape index (κ3) is 2.68. The zero-order chi connectivity index (χ0) is 15.1. The normalized spacial score (nSPS) is 30.6. The minimum Gasteiger partial charge on any atom is -0.376 e. The molecule has 5 heteroatoms. The molecule has 2 aliphatic heterocycles. The minimum absolute atomic E-state index is 0.00222. The molecule has 0 aromatic rings. The second kappa shape index (κ2) is 5.02. The van der Waals surface area contributed by atoms with Crippen molar-refractivity contribution in [3.8, 4) is 0 Å². The third-order valence-corrected chi connectivity index (χ3v) is 4.30. The molecule has 114 valence electrons. The molecule has 2 heterocycles. The highest BCUT2D eigenvalue weighted by Crippen LogP contribution is 2.30. The highest BCUT2D eigenvalue weighted by molar-refractivity contribution is 5.99. The quantitative estimate of drug-likeness (QED) is 0.831. The van der Waals surface area contributed by atoms with Crippen LogP contribution in [0.1, 0.15) is 47.5 Å². The number of piperazine rings is 1. The minimum atomic E-state index is -0.815. The van der Waals surface area contributed by atoms with Crippen LogP contribution >= 0.6 is 0 Å². The lowest BCUT2D eigenvalue weighted by atomic mass is 9.81. The van der Waals surface area contributed by atoms with Gasteiger partial charge in [0.15, 0.2) is 0 Å². The van der Waals surface area contributed by atoms with Crippen LogP contribution in [0.15, 0.2) is 0 Å². The van der Waals surface area contributed by atoms with Crippen LogP contribution < -0.4 is 5.32 Å². The molecule has 0 aromatic heterocycles. The Labute approximate surface area is 121 Å². The van der Waals surface area contributed by atoms with E-state index in [9.17, 15) is 9.59 Å². The highest BCUT2D eigenvalue weighted by atomic mass is 16.5. The molecule has 0 aliphatic carbocycles. The molecule has 0 bridgehead atoms. The smallest absolute Gasteiger partial charge is 0.246 e. The second-order valence-corrected chi connectivity index (χ2v) is 7.42. The van der Waals surface area contributed by atoms with Crippen LogP contribution in [0.25, 0.3) is 0 Å². The summed E-state index contributed by atoms with van der Waals surface area (Å²) < 4.78 is 5.63. The van der Waals surface area contributed by atoms with Gasteiger partial charge in [0.1, 0.15) is 11.6 Å². The summed E-state index contributed by atoms with van der Waals surface area (Å²) in [5, 5.41) is 2.88. The maximum Gasteiger partial charge on any atom is 0.246 e. The van der Waals surface area contributed by atoms with Crippen LogP contribution in [0.2, 0.25) is 0 Å². The molecule has 2 amide bonds. The molecule has 2 unspecified atom stereocenters. The lowest BCUT2D eigenvalue weighted by Gasteiger charge is -2.48. The van der Waals surface area contributed by atoms with E-state index < -0.39 is 11.6 Å². The average Bonchev–Trinajstić information content (AvgIpc) is 2.81. The summed E-state index contributed by atoms with van der Waals surface area (Å²) in [7, 11) is 0. The van der Waals surface area contributed by atoms with E-state index in [1.54, 1.807) is 18.7 Å². The number of hydrogen-bond acceptors (Lipinski definition) is 3. The van der Waals surface area contributed by atoms with Crippen molar-refractivity contribution in [2.45, 2.75) is 65.1 Å². The predicted molar refractivity (Wildman–Crippen MR) is 76.2 cm³/mol. The van der Waals surface area contributed by atoms with E-state index >= 15 is 0 Å². The lowest BCUT2D eigenvalue weighted by Crippen LogP contribution is -2.71. The Hall–Kier alpha value is -1.10. The van der Waals surface area contributed by atoms with Crippen molar-refractivity contribution in [1.82, 2.24) is 10.2 Å². The van der Waals surface area contributed by atoms with Gasteiger partial charge >= 0.3 is 0 Å². The number of ether oxygens (including phenoxy) is 1. The molecule has 5 nitrogen and oxygen atoms in total. The molecular weight excluding hydrogens is 256 g/mol. The summed E-state index contributed by atoms with van der Waals surface area (Å²) in [6.45, 7) is 10.8. The molecule has 0 spiro atoms. The topological polar surface area (TPSA) is 58.6 Å². The van der Waals surface area contributed by atoms with E-state index in [0.29, 0.717) is 6.54 Å². The number of carbonyl (C=O) groups is 2.